The molecule has 1 aromatic carbocycles. The van der Waals surface area contributed by atoms with Gasteiger partial charge in [-0.25, -0.2) is 0 Å². The van der Waals surface area contributed by atoms with Gasteiger partial charge in [-0.15, -0.1) is 0 Å². The van der Waals surface area contributed by atoms with Crippen molar-refractivity contribution in [2.75, 3.05) is 0 Å². The van der Waals surface area contributed by atoms with Gasteiger partial charge in [0, 0.05) is 6.20 Å². The molecule has 0 unspecified atom stereocenters. The zero-order valence-corrected chi connectivity index (χ0v) is 13.2. The van der Waals surface area contributed by atoms with Crippen molar-refractivity contribution in [3.05, 3.63) is 57.8 Å². The van der Waals surface area contributed by atoms with E-state index < -0.39 is 5.60 Å². The van der Waals surface area contributed by atoms with Crippen molar-refractivity contribution in [2.45, 2.75) is 25.9 Å². The average Bonchev–Trinajstić information content (AvgIpc) is 2.42. The van der Waals surface area contributed by atoms with Crippen molar-refractivity contribution in [3.63, 3.8) is 0 Å². The first-order chi connectivity index (χ1) is 9.05. The first kappa shape index (κ1) is 14.4. The van der Waals surface area contributed by atoms with Crippen molar-refractivity contribution >= 4 is 27.5 Å². The van der Waals surface area contributed by atoms with E-state index in [0.717, 1.165) is 22.3 Å². The van der Waals surface area contributed by atoms with E-state index in [2.05, 4.69) is 27.8 Å². The molecule has 2 nitrogen and oxygen atoms in total. The van der Waals surface area contributed by atoms with Gasteiger partial charge in [-0.3, -0.25) is 4.98 Å². The van der Waals surface area contributed by atoms with Gasteiger partial charge in [0.25, 0.3) is 0 Å². The van der Waals surface area contributed by atoms with E-state index >= 15 is 0 Å². The number of aromatic nitrogens is 1. The summed E-state index contributed by atoms with van der Waals surface area (Å²) in [4.78, 5) is 4.37. The molecule has 0 aliphatic carbocycles. The molecular formula is C15H15BrClNO. The van der Waals surface area contributed by atoms with Crippen LogP contribution < -0.4 is 4.74 Å². The quantitative estimate of drug-likeness (QED) is 0.763. The number of nitrogens with zero attached hydrogens (tertiary/aromatic N) is 1. The monoisotopic (exact) mass is 339 g/mol. The van der Waals surface area contributed by atoms with Crippen LogP contribution in [0.15, 0.2) is 47.1 Å². The Hall–Kier alpha value is -1.06. The van der Waals surface area contributed by atoms with Gasteiger partial charge >= 0.3 is 0 Å². The first-order valence-corrected chi connectivity index (χ1v) is 7.28. The molecular weight excluding hydrogens is 326 g/mol. The molecule has 19 heavy (non-hydrogen) atoms. The van der Waals surface area contributed by atoms with Crippen LogP contribution in [0, 0.1) is 0 Å². The maximum atomic E-state index is 6.16. The molecule has 0 aliphatic heterocycles. The Labute approximate surface area is 126 Å². The summed E-state index contributed by atoms with van der Waals surface area (Å²) >= 11 is 9.38. The number of halogens is 2. The van der Waals surface area contributed by atoms with E-state index in [0.29, 0.717) is 5.02 Å². The lowest BCUT2D eigenvalue weighted by Crippen LogP contribution is -2.29. The number of benzene rings is 1. The Bertz CT molecular complexity index is 558. The van der Waals surface area contributed by atoms with Crippen LogP contribution in [0.5, 0.6) is 5.75 Å². The van der Waals surface area contributed by atoms with Crippen molar-refractivity contribution in [3.8, 4) is 5.75 Å². The number of pyridine rings is 1. The van der Waals surface area contributed by atoms with E-state index in [1.807, 2.05) is 43.3 Å². The second-order valence-electron chi connectivity index (χ2n) is 4.48. The second-order valence-corrected chi connectivity index (χ2v) is 5.77. The van der Waals surface area contributed by atoms with Crippen LogP contribution in [0.4, 0.5) is 0 Å². The minimum absolute atomic E-state index is 0.478. The smallest absolute Gasteiger partial charge is 0.148 e. The predicted octanol–water partition coefficient (Wildman–Crippen LogP) is 5.20. The van der Waals surface area contributed by atoms with Crippen molar-refractivity contribution in [2.24, 2.45) is 0 Å². The molecule has 0 bridgehead atoms. The first-order valence-electron chi connectivity index (χ1n) is 6.11. The molecule has 0 saturated heterocycles. The standard InChI is InChI=1S/C15H15BrClNO/c1-3-15(2,14-9-8-11(17)10-18-14)19-13-7-5-4-6-12(13)16/h4-10H,3H2,1-2H3/t15-/m1/s1. The molecule has 0 amide bonds. The summed E-state index contributed by atoms with van der Waals surface area (Å²) in [5.41, 5.74) is 0.393. The van der Waals surface area contributed by atoms with Crippen molar-refractivity contribution in [1.82, 2.24) is 4.98 Å². The Morgan fingerprint density at radius 3 is 2.58 bits per heavy atom. The third kappa shape index (κ3) is 3.28. The molecule has 0 fully saturated rings. The summed E-state index contributed by atoms with van der Waals surface area (Å²) < 4.78 is 7.09. The zero-order chi connectivity index (χ0) is 13.9. The van der Waals surface area contributed by atoms with Crippen LogP contribution in [0.1, 0.15) is 26.0 Å². The van der Waals surface area contributed by atoms with E-state index in [9.17, 15) is 0 Å². The second kappa shape index (κ2) is 5.93. The molecule has 0 N–H and O–H groups in total. The van der Waals surface area contributed by atoms with Gasteiger partial charge in [0.15, 0.2) is 0 Å². The number of hydrogen-bond donors (Lipinski definition) is 0. The molecule has 4 heteroatoms. The normalized spacial score (nSPS) is 13.9. The highest BCUT2D eigenvalue weighted by Crippen LogP contribution is 2.34. The predicted molar refractivity (Wildman–Crippen MR) is 81.7 cm³/mol. The molecule has 0 aliphatic rings. The largest absolute Gasteiger partial charge is 0.480 e. The van der Waals surface area contributed by atoms with Crippen LogP contribution in [0.3, 0.4) is 0 Å². The summed E-state index contributed by atoms with van der Waals surface area (Å²) in [6, 6.07) is 11.5. The van der Waals surface area contributed by atoms with Gasteiger partial charge < -0.3 is 4.74 Å². The maximum absolute atomic E-state index is 6.16. The van der Waals surface area contributed by atoms with Gasteiger partial charge in [-0.05, 0) is 53.5 Å². The summed E-state index contributed by atoms with van der Waals surface area (Å²) in [6.07, 6.45) is 2.46. The van der Waals surface area contributed by atoms with Crippen molar-refractivity contribution < 1.29 is 4.74 Å². The average molecular weight is 341 g/mol. The lowest BCUT2D eigenvalue weighted by Gasteiger charge is -2.29. The van der Waals surface area contributed by atoms with Gasteiger partial charge in [0.05, 0.1) is 15.2 Å². The van der Waals surface area contributed by atoms with Crippen LogP contribution in [-0.4, -0.2) is 4.98 Å². The fourth-order valence-corrected chi connectivity index (χ4v) is 2.24. The molecule has 1 aromatic heterocycles. The Morgan fingerprint density at radius 2 is 2.00 bits per heavy atom. The molecule has 2 rings (SSSR count). The van der Waals surface area contributed by atoms with Crippen LogP contribution in [-0.2, 0) is 5.60 Å². The minimum Gasteiger partial charge on any atom is -0.480 e. The van der Waals surface area contributed by atoms with Crippen LogP contribution in [0.2, 0.25) is 5.02 Å². The molecule has 2 aromatic rings. The lowest BCUT2D eigenvalue weighted by molar-refractivity contribution is 0.0770. The molecule has 100 valence electrons. The Kier molecular flexibility index (Phi) is 4.48. The summed E-state index contributed by atoms with van der Waals surface area (Å²) in [7, 11) is 0. The third-order valence-corrected chi connectivity index (χ3v) is 3.99. The van der Waals surface area contributed by atoms with Gasteiger partial charge in [-0.1, -0.05) is 30.7 Å². The SMILES string of the molecule is CC[C@@](C)(Oc1ccccc1Br)c1ccc(Cl)cn1. The lowest BCUT2D eigenvalue weighted by atomic mass is 9.98. The molecule has 1 atom stereocenters. The van der Waals surface area contributed by atoms with Gasteiger partial charge in [0.2, 0.25) is 0 Å². The Morgan fingerprint density at radius 1 is 1.26 bits per heavy atom. The van der Waals surface area contributed by atoms with Crippen LogP contribution in [0.25, 0.3) is 0 Å². The highest BCUT2D eigenvalue weighted by molar-refractivity contribution is 9.10. The molecule has 0 saturated carbocycles. The minimum atomic E-state index is -0.478. The fraction of sp³-hybridized carbons (Fsp3) is 0.267. The highest BCUT2D eigenvalue weighted by atomic mass is 79.9. The van der Waals surface area contributed by atoms with Crippen molar-refractivity contribution in [1.29, 1.82) is 0 Å². The van der Waals surface area contributed by atoms with E-state index in [4.69, 9.17) is 16.3 Å². The number of hydrogen-bond acceptors (Lipinski definition) is 2. The summed E-state index contributed by atoms with van der Waals surface area (Å²) in [5.74, 6) is 0.809. The number of para-hydroxylation sites is 1. The van der Waals surface area contributed by atoms with E-state index in [1.54, 1.807) is 6.20 Å². The van der Waals surface area contributed by atoms with E-state index in [1.165, 1.54) is 0 Å². The third-order valence-electron chi connectivity index (χ3n) is 3.12. The fourth-order valence-electron chi connectivity index (χ4n) is 1.76. The number of rotatable bonds is 4. The summed E-state index contributed by atoms with van der Waals surface area (Å²) in [6.45, 7) is 4.11. The Balaban J connectivity index is 2.33. The molecule has 1 heterocycles. The molecule has 0 spiro atoms. The van der Waals surface area contributed by atoms with Gasteiger partial charge in [0.1, 0.15) is 11.4 Å². The highest BCUT2D eigenvalue weighted by Gasteiger charge is 2.29. The topological polar surface area (TPSA) is 22.1 Å². The number of ether oxygens (including phenoxy) is 1. The van der Waals surface area contributed by atoms with Gasteiger partial charge in [-0.2, -0.15) is 0 Å². The zero-order valence-electron chi connectivity index (χ0n) is 10.9. The maximum Gasteiger partial charge on any atom is 0.148 e. The van der Waals surface area contributed by atoms with E-state index in [-0.39, 0.29) is 0 Å². The summed E-state index contributed by atoms with van der Waals surface area (Å²) in [5, 5.41) is 0.628. The molecule has 0 radical (unpaired) electrons. The van der Waals surface area contributed by atoms with Crippen LogP contribution >= 0.6 is 27.5 Å².